The molecule has 3 aromatic rings. The SMILES string of the molecule is COc1cc(/C=C/C(=O)Nc2nnc(SCC(=O)Nc3ccccc3C)s2)cc(OC)c1OC. The molecule has 1 heterocycles. The molecule has 0 aliphatic heterocycles. The van der Waals surface area contributed by atoms with E-state index in [9.17, 15) is 9.59 Å². The molecule has 178 valence electrons. The molecule has 2 N–H and O–H groups in total. The number of nitrogens with one attached hydrogen (secondary N) is 2. The van der Waals surface area contributed by atoms with E-state index in [1.807, 2.05) is 31.2 Å². The highest BCUT2D eigenvalue weighted by Crippen LogP contribution is 2.38. The molecule has 0 aliphatic carbocycles. The molecule has 11 heteroatoms. The van der Waals surface area contributed by atoms with Crippen LogP contribution in [0.2, 0.25) is 0 Å². The first-order chi connectivity index (χ1) is 16.4. The summed E-state index contributed by atoms with van der Waals surface area (Å²) in [5.41, 5.74) is 2.45. The lowest BCUT2D eigenvalue weighted by Gasteiger charge is -2.12. The summed E-state index contributed by atoms with van der Waals surface area (Å²) in [5, 5.41) is 13.8. The minimum absolute atomic E-state index is 0.145. The van der Waals surface area contributed by atoms with Crippen LogP contribution in [0.5, 0.6) is 17.2 Å². The summed E-state index contributed by atoms with van der Waals surface area (Å²) in [6.07, 6.45) is 2.98. The molecule has 0 unspecified atom stereocenters. The predicted molar refractivity (Wildman–Crippen MR) is 134 cm³/mol. The minimum Gasteiger partial charge on any atom is -0.493 e. The van der Waals surface area contributed by atoms with Crippen molar-refractivity contribution in [3.8, 4) is 17.2 Å². The van der Waals surface area contributed by atoms with Gasteiger partial charge in [0.1, 0.15) is 0 Å². The fourth-order valence-corrected chi connectivity index (χ4v) is 4.42. The van der Waals surface area contributed by atoms with E-state index in [0.717, 1.165) is 11.3 Å². The number of carbonyl (C=O) groups excluding carboxylic acids is 2. The molecule has 0 bridgehead atoms. The topological polar surface area (TPSA) is 112 Å². The molecule has 0 radical (unpaired) electrons. The van der Waals surface area contributed by atoms with Gasteiger partial charge in [0, 0.05) is 11.8 Å². The maximum absolute atomic E-state index is 12.3. The molecule has 34 heavy (non-hydrogen) atoms. The number of carbonyl (C=O) groups is 2. The maximum Gasteiger partial charge on any atom is 0.250 e. The van der Waals surface area contributed by atoms with Crippen LogP contribution in [0.1, 0.15) is 11.1 Å². The quantitative estimate of drug-likeness (QED) is 0.241. The zero-order chi connectivity index (χ0) is 24.5. The summed E-state index contributed by atoms with van der Waals surface area (Å²) in [4.78, 5) is 24.5. The van der Waals surface area contributed by atoms with Gasteiger partial charge in [0.15, 0.2) is 15.8 Å². The molecule has 0 fully saturated rings. The molecule has 2 amide bonds. The minimum atomic E-state index is -0.376. The van der Waals surface area contributed by atoms with Crippen LogP contribution in [0, 0.1) is 6.92 Å². The molecule has 3 rings (SSSR count). The number of rotatable bonds is 10. The Bertz CT molecular complexity index is 1170. The third-order valence-corrected chi connectivity index (χ3v) is 6.47. The number of nitrogens with zero attached hydrogens (tertiary/aromatic N) is 2. The number of aromatic nitrogens is 2. The van der Waals surface area contributed by atoms with Crippen LogP contribution in [0.25, 0.3) is 6.08 Å². The van der Waals surface area contributed by atoms with Crippen LogP contribution in [-0.2, 0) is 9.59 Å². The van der Waals surface area contributed by atoms with Gasteiger partial charge < -0.3 is 19.5 Å². The van der Waals surface area contributed by atoms with Gasteiger partial charge in [0.05, 0.1) is 27.1 Å². The number of benzene rings is 2. The fourth-order valence-electron chi connectivity index (χ4n) is 2.86. The van der Waals surface area contributed by atoms with Crippen LogP contribution in [-0.4, -0.2) is 49.1 Å². The smallest absolute Gasteiger partial charge is 0.250 e. The first kappa shape index (κ1) is 25.1. The van der Waals surface area contributed by atoms with E-state index in [4.69, 9.17) is 14.2 Å². The van der Waals surface area contributed by atoms with Crippen LogP contribution in [0.4, 0.5) is 10.8 Å². The summed E-state index contributed by atoms with van der Waals surface area (Å²) >= 11 is 2.44. The van der Waals surface area contributed by atoms with Crippen molar-refractivity contribution < 1.29 is 23.8 Å². The number of amides is 2. The number of hydrogen-bond donors (Lipinski definition) is 2. The van der Waals surface area contributed by atoms with E-state index < -0.39 is 0 Å². The summed E-state index contributed by atoms with van der Waals surface area (Å²) in [7, 11) is 4.57. The Morgan fingerprint density at radius 3 is 2.38 bits per heavy atom. The van der Waals surface area contributed by atoms with Crippen molar-refractivity contribution in [3.63, 3.8) is 0 Å². The molecule has 1 aromatic heterocycles. The summed E-state index contributed by atoms with van der Waals surface area (Å²) in [6.45, 7) is 1.93. The van der Waals surface area contributed by atoms with Gasteiger partial charge in [-0.1, -0.05) is 41.3 Å². The van der Waals surface area contributed by atoms with Crippen molar-refractivity contribution in [2.24, 2.45) is 0 Å². The molecular formula is C23H24N4O5S2. The Balaban J connectivity index is 1.54. The van der Waals surface area contributed by atoms with Crippen molar-refractivity contribution in [2.45, 2.75) is 11.3 Å². The lowest BCUT2D eigenvalue weighted by atomic mass is 10.1. The van der Waals surface area contributed by atoms with Gasteiger partial charge in [-0.3, -0.25) is 14.9 Å². The van der Waals surface area contributed by atoms with Crippen molar-refractivity contribution in [1.82, 2.24) is 10.2 Å². The molecule has 0 spiro atoms. The third kappa shape index (κ3) is 6.72. The molecule has 0 saturated carbocycles. The number of para-hydroxylation sites is 1. The van der Waals surface area contributed by atoms with Crippen LogP contribution in [0.3, 0.4) is 0 Å². The van der Waals surface area contributed by atoms with E-state index in [2.05, 4.69) is 20.8 Å². The van der Waals surface area contributed by atoms with Gasteiger partial charge in [-0.25, -0.2) is 0 Å². The number of ether oxygens (including phenoxy) is 3. The summed E-state index contributed by atoms with van der Waals surface area (Å²) in [5.74, 6) is 1.10. The first-order valence-electron chi connectivity index (χ1n) is 10.0. The van der Waals surface area contributed by atoms with Gasteiger partial charge in [-0.15, -0.1) is 10.2 Å². The van der Waals surface area contributed by atoms with Crippen LogP contribution in [0.15, 0.2) is 46.8 Å². The largest absolute Gasteiger partial charge is 0.493 e. The van der Waals surface area contributed by atoms with Crippen molar-refractivity contribution in [2.75, 3.05) is 37.7 Å². The first-order valence-corrected chi connectivity index (χ1v) is 11.8. The molecular weight excluding hydrogens is 476 g/mol. The van der Waals surface area contributed by atoms with Gasteiger partial charge >= 0.3 is 0 Å². The second-order valence-electron chi connectivity index (χ2n) is 6.81. The Morgan fingerprint density at radius 1 is 1.03 bits per heavy atom. The van der Waals surface area contributed by atoms with E-state index >= 15 is 0 Å². The average Bonchev–Trinajstić information content (AvgIpc) is 3.29. The number of thioether (sulfide) groups is 1. The van der Waals surface area contributed by atoms with Gasteiger partial charge in [-0.2, -0.15) is 0 Å². The number of hydrogen-bond acceptors (Lipinski definition) is 9. The van der Waals surface area contributed by atoms with Crippen LogP contribution >= 0.6 is 23.1 Å². The summed E-state index contributed by atoms with van der Waals surface area (Å²) < 4.78 is 16.5. The highest BCUT2D eigenvalue weighted by Gasteiger charge is 2.13. The standard InChI is InChI=1S/C23H24N4O5S2/c1-14-7-5-6-8-16(14)24-20(29)13-33-23-27-26-22(34-23)25-19(28)10-9-15-11-17(30-2)21(32-4)18(12-15)31-3/h5-12H,13H2,1-4H3,(H,24,29)(H,25,26,28)/b10-9+. The molecule has 0 atom stereocenters. The van der Waals surface area contributed by atoms with Crippen LogP contribution < -0.4 is 24.8 Å². The number of methoxy groups -OCH3 is 3. The Labute approximate surface area is 205 Å². The van der Waals surface area contributed by atoms with E-state index in [-0.39, 0.29) is 17.6 Å². The van der Waals surface area contributed by atoms with Gasteiger partial charge in [0.25, 0.3) is 0 Å². The lowest BCUT2D eigenvalue weighted by molar-refractivity contribution is -0.114. The zero-order valence-electron chi connectivity index (χ0n) is 19.1. The lowest BCUT2D eigenvalue weighted by Crippen LogP contribution is -2.14. The molecule has 0 aliphatic rings. The molecule has 9 nitrogen and oxygen atoms in total. The molecule has 2 aromatic carbocycles. The van der Waals surface area contributed by atoms with Crippen molar-refractivity contribution in [3.05, 3.63) is 53.6 Å². The highest BCUT2D eigenvalue weighted by molar-refractivity contribution is 8.01. The van der Waals surface area contributed by atoms with E-state index in [0.29, 0.717) is 32.3 Å². The molecule has 0 saturated heterocycles. The zero-order valence-corrected chi connectivity index (χ0v) is 20.7. The van der Waals surface area contributed by atoms with Gasteiger partial charge in [0.2, 0.25) is 22.7 Å². The third-order valence-electron chi connectivity index (χ3n) is 4.50. The number of anilines is 2. The second-order valence-corrected chi connectivity index (χ2v) is 9.01. The normalized spacial score (nSPS) is 10.7. The summed E-state index contributed by atoms with van der Waals surface area (Å²) in [6, 6.07) is 11.0. The average molecular weight is 501 g/mol. The van der Waals surface area contributed by atoms with E-state index in [1.165, 1.54) is 50.5 Å². The van der Waals surface area contributed by atoms with Crippen molar-refractivity contribution in [1.29, 1.82) is 0 Å². The number of aryl methyl sites for hydroxylation is 1. The van der Waals surface area contributed by atoms with E-state index in [1.54, 1.807) is 18.2 Å². The predicted octanol–water partition coefficient (Wildman–Crippen LogP) is 4.26. The van der Waals surface area contributed by atoms with Gasteiger partial charge in [-0.05, 0) is 42.3 Å². The van der Waals surface area contributed by atoms with Crippen molar-refractivity contribution >= 4 is 51.8 Å². The maximum atomic E-state index is 12.3. The monoisotopic (exact) mass is 500 g/mol. The Hall–Kier alpha value is -3.57. The Morgan fingerprint density at radius 2 is 1.74 bits per heavy atom. The Kier molecular flexibility index (Phi) is 8.88. The highest BCUT2D eigenvalue weighted by atomic mass is 32.2. The second kappa shape index (κ2) is 12.1. The fraction of sp³-hybridized carbons (Fsp3) is 0.217.